The molecule has 2 atom stereocenters. The molecule has 0 spiro atoms. The SMILES string of the molecule is CO[C@@H]1CC[C@H](Oc2ccc3c(O)c(NC(=O)c4cccc(-c5ccncc5)c4)c(=O)oc3c2C)OC1(C)C. The molecule has 5 rings (SSSR count). The lowest BCUT2D eigenvalue weighted by atomic mass is 9.94. The molecule has 1 saturated heterocycles. The van der Waals surface area contributed by atoms with Gasteiger partial charge in [-0.3, -0.25) is 9.78 Å². The van der Waals surface area contributed by atoms with Crippen molar-refractivity contribution in [3.05, 3.63) is 82.5 Å². The van der Waals surface area contributed by atoms with Crippen molar-refractivity contribution in [3.8, 4) is 22.6 Å². The molecule has 39 heavy (non-hydrogen) atoms. The summed E-state index contributed by atoms with van der Waals surface area (Å²) in [5.74, 6) is -0.477. The van der Waals surface area contributed by atoms with Gasteiger partial charge in [-0.25, -0.2) is 4.79 Å². The number of fused-ring (bicyclic) bond motifs is 1. The predicted molar refractivity (Wildman–Crippen MR) is 146 cm³/mol. The number of hydrogen-bond donors (Lipinski definition) is 2. The number of amides is 1. The van der Waals surface area contributed by atoms with Crippen LogP contribution in [-0.2, 0) is 9.47 Å². The molecule has 2 aromatic heterocycles. The summed E-state index contributed by atoms with van der Waals surface area (Å²) >= 11 is 0. The zero-order valence-electron chi connectivity index (χ0n) is 22.2. The summed E-state index contributed by atoms with van der Waals surface area (Å²) in [6.07, 6.45) is 4.17. The molecule has 3 heterocycles. The van der Waals surface area contributed by atoms with Gasteiger partial charge in [0.25, 0.3) is 5.91 Å². The number of aromatic hydroxyl groups is 1. The van der Waals surface area contributed by atoms with Gasteiger partial charge in [0.1, 0.15) is 11.3 Å². The van der Waals surface area contributed by atoms with E-state index < -0.39 is 23.4 Å². The van der Waals surface area contributed by atoms with Crippen LogP contribution < -0.4 is 15.7 Å². The summed E-state index contributed by atoms with van der Waals surface area (Å²) < 4.78 is 23.3. The molecule has 0 unspecified atom stereocenters. The van der Waals surface area contributed by atoms with Crippen LogP contribution in [0.2, 0.25) is 0 Å². The van der Waals surface area contributed by atoms with Crippen molar-refractivity contribution in [2.24, 2.45) is 0 Å². The van der Waals surface area contributed by atoms with Gasteiger partial charge in [0.2, 0.25) is 6.29 Å². The van der Waals surface area contributed by atoms with Crippen molar-refractivity contribution in [2.75, 3.05) is 12.4 Å². The standard InChI is InChI=1S/C30H30N2O7/c1-17-22(37-24-11-10-23(36-4)30(2,3)39-24)9-8-21-26(33)25(29(35)38-27(17)21)32-28(34)20-7-5-6-19(16-20)18-12-14-31-15-13-18/h5-9,12-16,23-24,33H,10-11H2,1-4H3,(H,32,34)/t23-,24-/m1/s1. The van der Waals surface area contributed by atoms with E-state index >= 15 is 0 Å². The summed E-state index contributed by atoms with van der Waals surface area (Å²) in [4.78, 5) is 29.9. The average molecular weight is 531 g/mol. The fourth-order valence-electron chi connectivity index (χ4n) is 4.91. The number of methoxy groups -OCH3 is 1. The molecule has 0 radical (unpaired) electrons. The first-order valence-electron chi connectivity index (χ1n) is 12.7. The van der Waals surface area contributed by atoms with Crippen molar-refractivity contribution in [1.29, 1.82) is 0 Å². The van der Waals surface area contributed by atoms with E-state index in [1.165, 1.54) is 0 Å². The molecule has 0 saturated carbocycles. The summed E-state index contributed by atoms with van der Waals surface area (Å²) in [5.41, 5.74) is 0.964. The second kappa shape index (κ2) is 10.5. The van der Waals surface area contributed by atoms with Gasteiger partial charge in [-0.05, 0) is 74.7 Å². The lowest BCUT2D eigenvalue weighted by molar-refractivity contribution is -0.233. The van der Waals surface area contributed by atoms with E-state index in [2.05, 4.69) is 10.3 Å². The Morgan fingerprint density at radius 2 is 1.87 bits per heavy atom. The minimum atomic E-state index is -0.878. The van der Waals surface area contributed by atoms with E-state index in [0.717, 1.165) is 17.5 Å². The third-order valence-corrected chi connectivity index (χ3v) is 7.04. The number of nitrogens with one attached hydrogen (secondary N) is 1. The second-order valence-electron chi connectivity index (χ2n) is 10.0. The number of aromatic nitrogens is 1. The number of benzene rings is 2. The maximum absolute atomic E-state index is 13.0. The van der Waals surface area contributed by atoms with Crippen LogP contribution in [0, 0.1) is 6.92 Å². The Kier molecular flexibility index (Phi) is 7.12. The van der Waals surface area contributed by atoms with Crippen molar-refractivity contribution in [3.63, 3.8) is 0 Å². The van der Waals surface area contributed by atoms with Crippen molar-refractivity contribution >= 4 is 22.6 Å². The Morgan fingerprint density at radius 3 is 2.59 bits per heavy atom. The number of ether oxygens (including phenoxy) is 3. The summed E-state index contributed by atoms with van der Waals surface area (Å²) in [6, 6.07) is 13.9. The minimum Gasteiger partial charge on any atom is -0.505 e. The van der Waals surface area contributed by atoms with Crippen LogP contribution in [0.3, 0.4) is 0 Å². The monoisotopic (exact) mass is 530 g/mol. The van der Waals surface area contributed by atoms with Crippen molar-refractivity contribution in [1.82, 2.24) is 4.98 Å². The Labute approximate surface area is 225 Å². The highest BCUT2D eigenvalue weighted by Gasteiger charge is 2.39. The van der Waals surface area contributed by atoms with Crippen LogP contribution in [0.25, 0.3) is 22.1 Å². The Balaban J connectivity index is 1.40. The summed E-state index contributed by atoms with van der Waals surface area (Å²) in [5, 5.41) is 13.7. The first-order valence-corrected chi connectivity index (χ1v) is 12.7. The second-order valence-corrected chi connectivity index (χ2v) is 10.0. The van der Waals surface area contributed by atoms with Crippen LogP contribution in [0.4, 0.5) is 5.69 Å². The zero-order valence-corrected chi connectivity index (χ0v) is 22.2. The molecule has 1 amide bonds. The normalized spacial score (nSPS) is 18.6. The van der Waals surface area contributed by atoms with Crippen LogP contribution in [-0.4, -0.2) is 41.1 Å². The van der Waals surface area contributed by atoms with Gasteiger partial charge >= 0.3 is 5.63 Å². The van der Waals surface area contributed by atoms with E-state index in [1.54, 1.807) is 56.8 Å². The third kappa shape index (κ3) is 5.23. The Morgan fingerprint density at radius 1 is 1.10 bits per heavy atom. The predicted octanol–water partition coefficient (Wildman–Crippen LogP) is 5.43. The molecule has 4 aromatic rings. The van der Waals surface area contributed by atoms with E-state index in [-0.39, 0.29) is 28.5 Å². The minimum absolute atomic E-state index is 0.0447. The van der Waals surface area contributed by atoms with Crippen LogP contribution >= 0.6 is 0 Å². The maximum atomic E-state index is 13.0. The highest BCUT2D eigenvalue weighted by Crippen LogP contribution is 2.37. The molecule has 9 heteroatoms. The molecule has 1 aliphatic rings. The largest absolute Gasteiger partial charge is 0.505 e. The third-order valence-electron chi connectivity index (χ3n) is 7.04. The molecule has 1 fully saturated rings. The smallest absolute Gasteiger partial charge is 0.364 e. The molecule has 9 nitrogen and oxygen atoms in total. The number of nitrogens with zero attached hydrogens (tertiary/aromatic N) is 1. The molecule has 202 valence electrons. The van der Waals surface area contributed by atoms with Gasteiger partial charge in [0.15, 0.2) is 11.4 Å². The number of pyridine rings is 1. The van der Waals surface area contributed by atoms with Gasteiger partial charge in [0.05, 0.1) is 17.1 Å². The van der Waals surface area contributed by atoms with Gasteiger partial charge < -0.3 is 29.1 Å². The molecule has 2 aromatic carbocycles. The van der Waals surface area contributed by atoms with Gasteiger partial charge in [-0.1, -0.05) is 12.1 Å². The fraction of sp³-hybridized carbons (Fsp3) is 0.300. The number of aryl methyl sites for hydroxylation is 1. The molecule has 2 N–H and O–H groups in total. The lowest BCUT2D eigenvalue weighted by Gasteiger charge is -2.41. The van der Waals surface area contributed by atoms with E-state index in [9.17, 15) is 14.7 Å². The molecular weight excluding hydrogens is 500 g/mol. The molecule has 0 aliphatic carbocycles. The van der Waals surface area contributed by atoms with E-state index in [1.807, 2.05) is 32.0 Å². The molecule has 1 aliphatic heterocycles. The number of rotatable bonds is 6. The van der Waals surface area contributed by atoms with Crippen LogP contribution in [0.1, 0.15) is 42.6 Å². The van der Waals surface area contributed by atoms with E-state index in [0.29, 0.717) is 23.3 Å². The summed E-state index contributed by atoms with van der Waals surface area (Å²) in [7, 11) is 1.66. The van der Waals surface area contributed by atoms with Gasteiger partial charge in [-0.2, -0.15) is 0 Å². The number of carbonyl (C=O) groups excluding carboxylic acids is 1. The lowest BCUT2D eigenvalue weighted by Crippen LogP contribution is -2.49. The molecular formula is C30H30N2O7. The first kappa shape index (κ1) is 26.4. The average Bonchev–Trinajstić information content (AvgIpc) is 2.93. The topological polar surface area (TPSA) is 120 Å². The zero-order chi connectivity index (χ0) is 27.7. The highest BCUT2D eigenvalue weighted by atomic mass is 16.7. The van der Waals surface area contributed by atoms with Crippen molar-refractivity contribution < 1.29 is 28.5 Å². The van der Waals surface area contributed by atoms with Crippen LogP contribution in [0.5, 0.6) is 11.5 Å². The number of carbonyl (C=O) groups is 1. The van der Waals surface area contributed by atoms with Crippen molar-refractivity contribution in [2.45, 2.75) is 51.6 Å². The Hall–Kier alpha value is -4.21. The van der Waals surface area contributed by atoms with Gasteiger partial charge in [0, 0.05) is 37.1 Å². The Bertz CT molecular complexity index is 1580. The fourth-order valence-corrected chi connectivity index (χ4v) is 4.91. The maximum Gasteiger partial charge on any atom is 0.364 e. The van der Waals surface area contributed by atoms with E-state index in [4.69, 9.17) is 18.6 Å². The highest BCUT2D eigenvalue weighted by molar-refractivity contribution is 6.07. The van der Waals surface area contributed by atoms with Gasteiger partial charge in [-0.15, -0.1) is 0 Å². The quantitative estimate of drug-likeness (QED) is 0.317. The number of hydrogen-bond acceptors (Lipinski definition) is 8. The number of anilines is 1. The summed E-state index contributed by atoms with van der Waals surface area (Å²) in [6.45, 7) is 5.63. The first-order chi connectivity index (χ1) is 18.7. The molecule has 0 bridgehead atoms. The van der Waals surface area contributed by atoms with Crippen LogP contribution in [0.15, 0.2) is 70.1 Å².